The van der Waals surface area contributed by atoms with Gasteiger partial charge in [0.2, 0.25) is 11.8 Å². The van der Waals surface area contributed by atoms with Crippen molar-refractivity contribution in [3.05, 3.63) is 48.8 Å². The molecule has 4 N–H and O–H groups in total. The lowest BCUT2D eigenvalue weighted by Gasteiger charge is -2.20. The van der Waals surface area contributed by atoms with Gasteiger partial charge in [-0.1, -0.05) is 12.1 Å². The number of pyridine rings is 1. The van der Waals surface area contributed by atoms with Crippen LogP contribution in [0.5, 0.6) is 5.88 Å². The second-order valence-corrected chi connectivity index (χ2v) is 9.37. The summed E-state index contributed by atoms with van der Waals surface area (Å²) in [7, 11) is 3.14. The van der Waals surface area contributed by atoms with Gasteiger partial charge in [-0.05, 0) is 24.6 Å². The summed E-state index contributed by atoms with van der Waals surface area (Å²) in [4.78, 5) is 18.1. The van der Waals surface area contributed by atoms with Crippen molar-refractivity contribution in [2.75, 3.05) is 31.5 Å². The van der Waals surface area contributed by atoms with Crippen LogP contribution in [-0.2, 0) is 4.74 Å². The number of ether oxygens (including phenoxy) is 2. The first-order valence-corrected chi connectivity index (χ1v) is 12.0. The third-order valence-electron chi connectivity index (χ3n) is 6.02. The van der Waals surface area contributed by atoms with Crippen LogP contribution in [0, 0.1) is 5.92 Å². The van der Waals surface area contributed by atoms with Crippen LogP contribution >= 0.6 is 11.3 Å². The number of para-hydroxylation sites is 1. The van der Waals surface area contributed by atoms with E-state index in [0.29, 0.717) is 41.9 Å². The van der Waals surface area contributed by atoms with Gasteiger partial charge in [0.1, 0.15) is 16.9 Å². The van der Waals surface area contributed by atoms with Crippen molar-refractivity contribution >= 4 is 39.0 Å². The number of thiazole rings is 1. The fourth-order valence-corrected chi connectivity index (χ4v) is 5.22. The Labute approximate surface area is 206 Å². The predicted molar refractivity (Wildman–Crippen MR) is 134 cm³/mol. The Morgan fingerprint density at radius 2 is 1.94 bits per heavy atom. The van der Waals surface area contributed by atoms with Gasteiger partial charge < -0.3 is 30.3 Å². The molecule has 1 aliphatic rings. The zero-order valence-electron chi connectivity index (χ0n) is 19.3. The highest BCUT2D eigenvalue weighted by molar-refractivity contribution is 7.21. The Morgan fingerprint density at radius 3 is 2.74 bits per heavy atom. The molecule has 0 amide bonds. The molecule has 1 aromatic carbocycles. The first-order chi connectivity index (χ1) is 17.1. The molecule has 0 spiro atoms. The monoisotopic (exact) mass is 494 g/mol. The molecule has 4 aromatic rings. The molecule has 1 aliphatic carbocycles. The van der Waals surface area contributed by atoms with E-state index < -0.39 is 18.2 Å². The molecule has 182 valence electrons. The van der Waals surface area contributed by atoms with E-state index in [1.807, 2.05) is 24.3 Å². The molecule has 1 saturated carbocycles. The second-order valence-electron chi connectivity index (χ2n) is 8.34. The van der Waals surface area contributed by atoms with Gasteiger partial charge in [0.25, 0.3) is 0 Å². The average Bonchev–Trinajstić information content (AvgIpc) is 3.41. The topological polar surface area (TPSA) is 135 Å². The van der Waals surface area contributed by atoms with E-state index in [1.54, 1.807) is 38.7 Å². The number of aliphatic hydroxyl groups is 2. The van der Waals surface area contributed by atoms with Crippen LogP contribution in [0.4, 0.5) is 17.5 Å². The zero-order valence-corrected chi connectivity index (χ0v) is 20.1. The van der Waals surface area contributed by atoms with Crippen molar-refractivity contribution in [3.8, 4) is 16.5 Å². The molecular weight excluding hydrogens is 468 g/mol. The number of rotatable bonds is 8. The Balaban J connectivity index is 1.50. The van der Waals surface area contributed by atoms with E-state index >= 15 is 0 Å². The van der Waals surface area contributed by atoms with Crippen LogP contribution in [0.15, 0.2) is 48.8 Å². The number of hydrogen-bond acceptors (Lipinski definition) is 11. The molecule has 0 saturated heterocycles. The Morgan fingerprint density at radius 1 is 1.09 bits per heavy atom. The van der Waals surface area contributed by atoms with Crippen LogP contribution in [-0.4, -0.2) is 69.2 Å². The molecule has 4 atom stereocenters. The van der Waals surface area contributed by atoms with E-state index in [4.69, 9.17) is 19.4 Å². The molecule has 0 aliphatic heterocycles. The van der Waals surface area contributed by atoms with Gasteiger partial charge >= 0.3 is 0 Å². The van der Waals surface area contributed by atoms with Crippen LogP contribution < -0.4 is 15.4 Å². The minimum absolute atomic E-state index is 0.179. The Kier molecular flexibility index (Phi) is 6.73. The van der Waals surface area contributed by atoms with E-state index in [1.165, 1.54) is 11.3 Å². The Bertz CT molecular complexity index is 1290. The lowest BCUT2D eigenvalue weighted by Crippen LogP contribution is -2.35. The summed E-state index contributed by atoms with van der Waals surface area (Å²) < 4.78 is 11.5. The van der Waals surface area contributed by atoms with Gasteiger partial charge in [-0.3, -0.25) is 0 Å². The summed E-state index contributed by atoms with van der Waals surface area (Å²) in [5.74, 6) is 1.15. The van der Waals surface area contributed by atoms with Crippen molar-refractivity contribution < 1.29 is 19.7 Å². The summed E-state index contributed by atoms with van der Waals surface area (Å²) in [5.41, 5.74) is 2.31. The highest BCUT2D eigenvalue weighted by atomic mass is 32.1. The van der Waals surface area contributed by atoms with E-state index in [2.05, 4.69) is 20.6 Å². The molecule has 3 heterocycles. The first kappa shape index (κ1) is 23.4. The van der Waals surface area contributed by atoms with Crippen molar-refractivity contribution in [3.63, 3.8) is 0 Å². The number of methoxy groups -OCH3 is 2. The fourth-order valence-electron chi connectivity index (χ4n) is 4.25. The average molecular weight is 495 g/mol. The van der Waals surface area contributed by atoms with Gasteiger partial charge in [0.15, 0.2) is 0 Å². The molecular formula is C24H26N6O4S. The molecule has 10 nitrogen and oxygen atoms in total. The zero-order chi connectivity index (χ0) is 24.4. The number of nitrogens with zero attached hydrogens (tertiary/aromatic N) is 4. The highest BCUT2D eigenvalue weighted by Crippen LogP contribution is 2.36. The lowest BCUT2D eigenvalue weighted by molar-refractivity contribution is -0.00195. The summed E-state index contributed by atoms with van der Waals surface area (Å²) in [6, 6.07) is 11.0. The minimum Gasteiger partial charge on any atom is -0.481 e. The fraction of sp³-hybridized carbons (Fsp3) is 0.333. The normalized spacial score (nSPS) is 21.8. The van der Waals surface area contributed by atoms with Crippen LogP contribution in [0.1, 0.15) is 6.42 Å². The minimum atomic E-state index is -0.964. The van der Waals surface area contributed by atoms with E-state index in [-0.39, 0.29) is 5.92 Å². The van der Waals surface area contributed by atoms with Crippen molar-refractivity contribution in [1.29, 1.82) is 0 Å². The first-order valence-electron chi connectivity index (χ1n) is 11.2. The number of nitrogens with one attached hydrogen (secondary N) is 2. The molecule has 1 fully saturated rings. The highest BCUT2D eigenvalue weighted by Gasteiger charge is 2.41. The van der Waals surface area contributed by atoms with Crippen LogP contribution in [0.25, 0.3) is 20.8 Å². The lowest BCUT2D eigenvalue weighted by atomic mass is 10.1. The van der Waals surface area contributed by atoms with E-state index in [0.717, 1.165) is 15.2 Å². The van der Waals surface area contributed by atoms with Gasteiger partial charge in [-0.2, -0.15) is 4.98 Å². The van der Waals surface area contributed by atoms with Crippen LogP contribution in [0.3, 0.4) is 0 Å². The molecule has 0 unspecified atom stereocenters. The number of anilines is 3. The number of aromatic nitrogens is 4. The third-order valence-corrected chi connectivity index (χ3v) is 7.09. The van der Waals surface area contributed by atoms with Gasteiger partial charge in [-0.25, -0.2) is 15.0 Å². The number of hydrogen-bond donors (Lipinski definition) is 4. The van der Waals surface area contributed by atoms with Crippen molar-refractivity contribution in [2.45, 2.75) is 24.7 Å². The second kappa shape index (κ2) is 10.1. The smallest absolute Gasteiger partial charge is 0.229 e. The summed E-state index contributed by atoms with van der Waals surface area (Å²) in [5, 5.41) is 28.4. The van der Waals surface area contributed by atoms with Crippen molar-refractivity contribution in [1.82, 2.24) is 19.9 Å². The quantitative estimate of drug-likeness (QED) is 0.289. The standard InChI is InChI=1S/C24H26N6O4S/c1-33-12-13-9-17(21(32)20(13)31)28-22-15(23-29-16-5-3-4-6-18(16)35-23)11-26-24(30-22)27-14-7-8-25-19(10-14)34-2/h3-8,10-11,13,17,20-21,31-32H,9,12H2,1-2H3,(H2,25,26,27,28,30)/t13-,17-,20-,21+/m1/s1. The maximum Gasteiger partial charge on any atom is 0.229 e. The molecule has 5 rings (SSSR count). The SMILES string of the molecule is COC[C@H]1C[C@@H](Nc2nc(Nc3ccnc(OC)c3)ncc2-c2nc3ccccc3s2)[C@H](O)[C@@H]1O. The third kappa shape index (κ3) is 4.89. The summed E-state index contributed by atoms with van der Waals surface area (Å²) in [6.07, 6.45) is 2.01. The van der Waals surface area contributed by atoms with E-state index in [9.17, 15) is 10.2 Å². The van der Waals surface area contributed by atoms with Crippen molar-refractivity contribution in [2.24, 2.45) is 5.92 Å². The largest absolute Gasteiger partial charge is 0.481 e. The molecule has 11 heteroatoms. The van der Waals surface area contributed by atoms with Crippen LogP contribution in [0.2, 0.25) is 0 Å². The molecule has 35 heavy (non-hydrogen) atoms. The number of benzene rings is 1. The van der Waals surface area contributed by atoms with Gasteiger partial charge in [0.05, 0.1) is 41.6 Å². The predicted octanol–water partition coefficient (Wildman–Crippen LogP) is 3.07. The number of fused-ring (bicyclic) bond motifs is 1. The molecule has 0 bridgehead atoms. The molecule has 0 radical (unpaired) electrons. The van der Waals surface area contributed by atoms with Gasteiger partial charge in [-0.15, -0.1) is 11.3 Å². The summed E-state index contributed by atoms with van der Waals surface area (Å²) >= 11 is 1.54. The summed E-state index contributed by atoms with van der Waals surface area (Å²) in [6.45, 7) is 0.363. The maximum atomic E-state index is 10.7. The molecule has 3 aromatic heterocycles. The maximum absolute atomic E-state index is 10.7. The Hall–Kier alpha value is -3.38. The number of aliphatic hydroxyl groups excluding tert-OH is 2. The van der Waals surface area contributed by atoms with Gasteiger partial charge in [0, 0.05) is 37.2 Å².